The average molecular weight is 586 g/mol. The normalized spacial score (nSPS) is 13.7. The number of nitrogens with two attached hydrogens (primary N) is 1. The Labute approximate surface area is 254 Å². The van der Waals surface area contributed by atoms with Crippen LogP contribution in [0.2, 0.25) is 0 Å². The molecule has 43 heavy (non-hydrogen) atoms. The van der Waals surface area contributed by atoms with Gasteiger partial charge in [-0.15, -0.1) is 0 Å². The fourth-order valence-electron chi connectivity index (χ4n) is 5.29. The summed E-state index contributed by atoms with van der Waals surface area (Å²) in [7, 11) is 6.23. The fraction of sp³-hybridized carbons (Fsp3) is 0.412. The summed E-state index contributed by atoms with van der Waals surface area (Å²) in [4.78, 5) is 32.6. The van der Waals surface area contributed by atoms with Crippen LogP contribution in [0.1, 0.15) is 41.6 Å². The van der Waals surface area contributed by atoms with Crippen molar-refractivity contribution < 1.29 is 19.1 Å². The largest absolute Gasteiger partial charge is 0.454 e. The Morgan fingerprint density at radius 3 is 2.44 bits per heavy atom. The van der Waals surface area contributed by atoms with Gasteiger partial charge in [0.15, 0.2) is 11.5 Å². The van der Waals surface area contributed by atoms with Crippen molar-refractivity contribution in [3.05, 3.63) is 71.8 Å². The second-order valence-corrected chi connectivity index (χ2v) is 11.7. The summed E-state index contributed by atoms with van der Waals surface area (Å²) >= 11 is 0. The Bertz CT molecular complexity index is 1440. The zero-order valence-electron chi connectivity index (χ0n) is 25.5. The van der Waals surface area contributed by atoms with E-state index < -0.39 is 0 Å². The summed E-state index contributed by atoms with van der Waals surface area (Å²) in [6, 6.07) is 19.8. The maximum atomic E-state index is 13.6. The summed E-state index contributed by atoms with van der Waals surface area (Å²) in [6.07, 6.45) is 3.62. The zero-order chi connectivity index (χ0) is 30.3. The van der Waals surface area contributed by atoms with Crippen molar-refractivity contribution in [2.75, 3.05) is 64.3 Å². The highest BCUT2D eigenvalue weighted by atomic mass is 16.7. The number of carbonyl (C=O) groups excluding carboxylic acids is 2. The number of nitrogens with zero attached hydrogens (tertiary/aromatic N) is 3. The van der Waals surface area contributed by atoms with E-state index in [0.29, 0.717) is 43.1 Å². The molecule has 0 unspecified atom stereocenters. The van der Waals surface area contributed by atoms with E-state index in [-0.39, 0.29) is 24.5 Å². The van der Waals surface area contributed by atoms with E-state index in [1.165, 1.54) is 0 Å². The summed E-state index contributed by atoms with van der Waals surface area (Å²) in [5, 5.41) is 3.21. The van der Waals surface area contributed by atoms with Crippen LogP contribution in [-0.4, -0.2) is 75.7 Å². The number of nitrogens with one attached hydrogen (secondary N) is 1. The number of carbonyl (C=O) groups is 2. The summed E-state index contributed by atoms with van der Waals surface area (Å²) < 4.78 is 10.9. The SMILES string of the molecule is CN(C)CCCN(C)c1ccc(-c2cccc(CN(CCCN)C(=O)c3ccc4c(c3)OCO4)c2)cc1NC(=O)C1CC1. The molecule has 0 radical (unpaired) electrons. The second kappa shape index (κ2) is 13.9. The number of anilines is 2. The molecule has 1 heterocycles. The molecule has 3 aromatic rings. The second-order valence-electron chi connectivity index (χ2n) is 11.7. The van der Waals surface area contributed by atoms with Crippen LogP contribution in [0.5, 0.6) is 11.5 Å². The predicted octanol–water partition coefficient (Wildman–Crippen LogP) is 4.81. The molecule has 1 aliphatic carbocycles. The minimum Gasteiger partial charge on any atom is -0.454 e. The van der Waals surface area contributed by atoms with Gasteiger partial charge in [0.05, 0.1) is 11.4 Å². The first-order valence-corrected chi connectivity index (χ1v) is 15.1. The molecule has 0 bridgehead atoms. The zero-order valence-corrected chi connectivity index (χ0v) is 25.5. The fourth-order valence-corrected chi connectivity index (χ4v) is 5.29. The van der Waals surface area contributed by atoms with E-state index in [2.05, 4.69) is 66.6 Å². The van der Waals surface area contributed by atoms with Gasteiger partial charge < -0.3 is 35.2 Å². The van der Waals surface area contributed by atoms with Crippen molar-refractivity contribution >= 4 is 23.2 Å². The Morgan fingerprint density at radius 2 is 1.67 bits per heavy atom. The van der Waals surface area contributed by atoms with Gasteiger partial charge in [0.2, 0.25) is 12.7 Å². The Kier molecular flexibility index (Phi) is 9.84. The third-order valence-corrected chi connectivity index (χ3v) is 7.89. The van der Waals surface area contributed by atoms with Crippen LogP contribution in [0.3, 0.4) is 0 Å². The van der Waals surface area contributed by atoms with Crippen LogP contribution in [-0.2, 0) is 11.3 Å². The lowest BCUT2D eigenvalue weighted by Gasteiger charge is -2.25. The number of ether oxygens (including phenoxy) is 2. The predicted molar refractivity (Wildman–Crippen MR) is 171 cm³/mol. The monoisotopic (exact) mass is 585 g/mol. The first-order chi connectivity index (χ1) is 20.8. The molecule has 1 saturated carbocycles. The van der Waals surface area contributed by atoms with Crippen LogP contribution < -0.4 is 25.4 Å². The number of fused-ring (bicyclic) bond motifs is 1. The molecule has 9 nitrogen and oxygen atoms in total. The Hall–Kier alpha value is -4.08. The van der Waals surface area contributed by atoms with Gasteiger partial charge in [-0.3, -0.25) is 9.59 Å². The minimum atomic E-state index is -0.0797. The highest BCUT2D eigenvalue weighted by molar-refractivity contribution is 5.98. The molecule has 2 amide bonds. The first-order valence-electron chi connectivity index (χ1n) is 15.1. The average Bonchev–Trinajstić information content (AvgIpc) is 3.76. The van der Waals surface area contributed by atoms with Gasteiger partial charge in [-0.2, -0.15) is 0 Å². The van der Waals surface area contributed by atoms with Crippen molar-refractivity contribution in [1.29, 1.82) is 0 Å². The van der Waals surface area contributed by atoms with E-state index in [0.717, 1.165) is 60.4 Å². The van der Waals surface area contributed by atoms with Crippen LogP contribution in [0.15, 0.2) is 60.7 Å². The van der Waals surface area contributed by atoms with Gasteiger partial charge in [-0.25, -0.2) is 0 Å². The number of amides is 2. The van der Waals surface area contributed by atoms with Crippen LogP contribution in [0.25, 0.3) is 11.1 Å². The topological polar surface area (TPSA) is 100 Å². The van der Waals surface area contributed by atoms with Crippen LogP contribution in [0, 0.1) is 5.92 Å². The Balaban J connectivity index is 1.37. The van der Waals surface area contributed by atoms with Crippen molar-refractivity contribution in [1.82, 2.24) is 9.80 Å². The van der Waals surface area contributed by atoms with Crippen molar-refractivity contribution in [2.24, 2.45) is 11.7 Å². The van der Waals surface area contributed by atoms with Crippen LogP contribution >= 0.6 is 0 Å². The number of rotatable bonds is 14. The summed E-state index contributed by atoms with van der Waals surface area (Å²) in [6.45, 7) is 3.53. The molecule has 9 heteroatoms. The Morgan fingerprint density at radius 1 is 0.884 bits per heavy atom. The molecular formula is C34H43N5O4. The molecule has 0 aromatic heterocycles. The van der Waals surface area contributed by atoms with Gasteiger partial charge in [-0.1, -0.05) is 24.3 Å². The summed E-state index contributed by atoms with van der Waals surface area (Å²) in [5.74, 6) is 1.36. The highest BCUT2D eigenvalue weighted by Gasteiger charge is 2.30. The number of benzene rings is 3. The molecule has 0 spiro atoms. The van der Waals surface area contributed by atoms with Crippen molar-refractivity contribution in [3.8, 4) is 22.6 Å². The van der Waals surface area contributed by atoms with E-state index in [9.17, 15) is 9.59 Å². The first kappa shape index (κ1) is 30.4. The van der Waals surface area contributed by atoms with E-state index in [1.807, 2.05) is 17.0 Å². The molecule has 2 aliphatic rings. The smallest absolute Gasteiger partial charge is 0.254 e. The van der Waals surface area contributed by atoms with Crippen molar-refractivity contribution in [3.63, 3.8) is 0 Å². The molecule has 5 rings (SSSR count). The van der Waals surface area contributed by atoms with Crippen LogP contribution in [0.4, 0.5) is 11.4 Å². The van der Waals surface area contributed by atoms with E-state index >= 15 is 0 Å². The molecule has 3 aromatic carbocycles. The maximum absolute atomic E-state index is 13.6. The van der Waals surface area contributed by atoms with Gasteiger partial charge in [0, 0.05) is 38.2 Å². The van der Waals surface area contributed by atoms with E-state index in [1.54, 1.807) is 18.2 Å². The lowest BCUT2D eigenvalue weighted by Crippen LogP contribution is -2.32. The molecule has 0 atom stereocenters. The lowest BCUT2D eigenvalue weighted by molar-refractivity contribution is -0.117. The highest BCUT2D eigenvalue weighted by Crippen LogP contribution is 2.36. The van der Waals surface area contributed by atoms with Gasteiger partial charge in [0.25, 0.3) is 5.91 Å². The molecule has 228 valence electrons. The molecule has 1 aliphatic heterocycles. The molecule has 0 saturated heterocycles. The number of hydrogen-bond donors (Lipinski definition) is 2. The number of hydrogen-bond acceptors (Lipinski definition) is 7. The summed E-state index contributed by atoms with van der Waals surface area (Å²) in [5.41, 5.74) is 11.3. The quantitative estimate of drug-likeness (QED) is 0.280. The van der Waals surface area contributed by atoms with Gasteiger partial charge in [0.1, 0.15) is 0 Å². The van der Waals surface area contributed by atoms with E-state index in [4.69, 9.17) is 15.2 Å². The van der Waals surface area contributed by atoms with Crippen molar-refractivity contribution in [2.45, 2.75) is 32.2 Å². The molecule has 1 fully saturated rings. The molecular weight excluding hydrogens is 542 g/mol. The third-order valence-electron chi connectivity index (χ3n) is 7.89. The van der Waals surface area contributed by atoms with Gasteiger partial charge >= 0.3 is 0 Å². The van der Waals surface area contributed by atoms with Gasteiger partial charge in [-0.05, 0) is 106 Å². The standard InChI is InChI=1S/C34H43N5O4/c1-37(2)16-6-17-38(3)30-13-11-27(20-29(30)36-33(40)25-9-10-25)26-8-4-7-24(19-26)22-39(18-5-15-35)34(41)28-12-14-31-32(21-28)43-23-42-31/h4,7-8,11-14,19-21,25H,5-6,9-10,15-18,22-23,35H2,1-3H3,(H,36,40). The maximum Gasteiger partial charge on any atom is 0.254 e. The lowest BCUT2D eigenvalue weighted by atomic mass is 10.0. The molecule has 3 N–H and O–H groups in total. The third kappa shape index (κ3) is 7.86. The minimum absolute atomic E-state index is 0.0797.